The smallest absolute Gasteiger partial charge is 0.295 e. The Morgan fingerprint density at radius 1 is 1.05 bits per heavy atom. The third-order valence-corrected chi connectivity index (χ3v) is 2.59. The maximum atomic E-state index is 12.1. The molecular formula is C12H14N6O3. The van der Waals surface area contributed by atoms with E-state index in [9.17, 15) is 4.79 Å². The van der Waals surface area contributed by atoms with E-state index >= 15 is 0 Å². The minimum atomic E-state index is -0.550. The first-order valence-electron chi connectivity index (χ1n) is 6.26. The van der Waals surface area contributed by atoms with Crippen LogP contribution in [0.15, 0.2) is 24.4 Å². The summed E-state index contributed by atoms with van der Waals surface area (Å²) in [5.41, 5.74) is 0.499. The van der Waals surface area contributed by atoms with Crippen LogP contribution < -0.4 is 0 Å². The molecule has 0 atom stereocenters. The van der Waals surface area contributed by atoms with E-state index in [2.05, 4.69) is 25.4 Å². The van der Waals surface area contributed by atoms with Crippen LogP contribution in [-0.2, 0) is 0 Å². The highest BCUT2D eigenvalue weighted by Crippen LogP contribution is 2.07. The fourth-order valence-electron chi connectivity index (χ4n) is 1.61. The molecule has 9 nitrogen and oxygen atoms in total. The van der Waals surface area contributed by atoms with Gasteiger partial charge >= 0.3 is 0 Å². The highest BCUT2D eigenvalue weighted by atomic mass is 16.3. The van der Waals surface area contributed by atoms with Crippen LogP contribution >= 0.6 is 0 Å². The van der Waals surface area contributed by atoms with Gasteiger partial charge in [0.1, 0.15) is 5.69 Å². The van der Waals surface area contributed by atoms with E-state index in [0.29, 0.717) is 5.69 Å². The SMILES string of the molecule is O=C(c1nnc(-c2ccccn2)nn1)N(CCO)CCO. The third kappa shape index (κ3) is 3.74. The lowest BCUT2D eigenvalue weighted by molar-refractivity contribution is 0.0669. The topological polar surface area (TPSA) is 125 Å². The number of aliphatic hydroxyl groups is 2. The second kappa shape index (κ2) is 7.31. The number of nitrogens with zero attached hydrogens (tertiary/aromatic N) is 6. The summed E-state index contributed by atoms with van der Waals surface area (Å²) in [6.07, 6.45) is 1.59. The highest BCUT2D eigenvalue weighted by Gasteiger charge is 2.19. The molecule has 0 aliphatic heterocycles. The molecule has 21 heavy (non-hydrogen) atoms. The molecule has 0 saturated heterocycles. The monoisotopic (exact) mass is 290 g/mol. The quantitative estimate of drug-likeness (QED) is 0.676. The zero-order chi connectivity index (χ0) is 15.1. The molecule has 0 unspecified atom stereocenters. The summed E-state index contributed by atoms with van der Waals surface area (Å²) < 4.78 is 0. The van der Waals surface area contributed by atoms with E-state index < -0.39 is 5.91 Å². The molecule has 2 rings (SSSR count). The Morgan fingerprint density at radius 2 is 1.71 bits per heavy atom. The fraction of sp³-hybridized carbons (Fsp3) is 0.333. The van der Waals surface area contributed by atoms with Crippen molar-refractivity contribution in [2.24, 2.45) is 0 Å². The maximum absolute atomic E-state index is 12.1. The van der Waals surface area contributed by atoms with E-state index in [-0.39, 0.29) is 38.0 Å². The van der Waals surface area contributed by atoms with Crippen LogP contribution in [0.25, 0.3) is 11.5 Å². The summed E-state index contributed by atoms with van der Waals surface area (Å²) in [6.45, 7) is -0.299. The average Bonchev–Trinajstić information content (AvgIpc) is 2.55. The molecule has 0 radical (unpaired) electrons. The zero-order valence-electron chi connectivity index (χ0n) is 11.1. The Kier molecular flexibility index (Phi) is 5.18. The van der Waals surface area contributed by atoms with Crippen LogP contribution in [0.1, 0.15) is 10.6 Å². The number of pyridine rings is 1. The fourth-order valence-corrected chi connectivity index (χ4v) is 1.61. The van der Waals surface area contributed by atoms with Gasteiger partial charge in [0.2, 0.25) is 5.82 Å². The number of hydrogen-bond acceptors (Lipinski definition) is 8. The average molecular weight is 290 g/mol. The van der Waals surface area contributed by atoms with Crippen molar-refractivity contribution in [3.8, 4) is 11.5 Å². The minimum absolute atomic E-state index is 0.0742. The van der Waals surface area contributed by atoms with E-state index in [1.807, 2.05) is 0 Å². The zero-order valence-corrected chi connectivity index (χ0v) is 11.1. The molecule has 0 aliphatic rings. The molecule has 2 aromatic rings. The Labute approximate surface area is 120 Å². The Bertz CT molecular complexity index is 571. The summed E-state index contributed by atoms with van der Waals surface area (Å²) in [5, 5.41) is 32.9. The van der Waals surface area contributed by atoms with Gasteiger partial charge in [0.15, 0.2) is 0 Å². The summed E-state index contributed by atoms with van der Waals surface area (Å²) in [6, 6.07) is 5.23. The van der Waals surface area contributed by atoms with Gasteiger partial charge < -0.3 is 15.1 Å². The first-order valence-corrected chi connectivity index (χ1v) is 6.26. The highest BCUT2D eigenvalue weighted by molar-refractivity contribution is 5.90. The van der Waals surface area contributed by atoms with Gasteiger partial charge in [0, 0.05) is 19.3 Å². The van der Waals surface area contributed by atoms with Gasteiger partial charge in [-0.3, -0.25) is 9.78 Å². The molecule has 2 heterocycles. The standard InChI is InChI=1S/C12H14N6O3/c19-7-5-18(6-8-20)12(21)11-16-14-10(15-17-11)9-3-1-2-4-13-9/h1-4,19-20H,5-8H2. The first-order chi connectivity index (χ1) is 10.3. The van der Waals surface area contributed by atoms with Crippen LogP contribution in [0.3, 0.4) is 0 Å². The molecule has 0 spiro atoms. The number of hydrogen-bond donors (Lipinski definition) is 2. The molecule has 110 valence electrons. The lowest BCUT2D eigenvalue weighted by Crippen LogP contribution is -2.37. The second-order valence-corrected chi connectivity index (χ2v) is 4.00. The van der Waals surface area contributed by atoms with Gasteiger partial charge in [-0.1, -0.05) is 6.07 Å². The lowest BCUT2D eigenvalue weighted by atomic mass is 10.3. The molecule has 0 bridgehead atoms. The molecule has 0 aliphatic carbocycles. The second-order valence-electron chi connectivity index (χ2n) is 4.00. The van der Waals surface area contributed by atoms with Gasteiger partial charge in [0.05, 0.1) is 13.2 Å². The van der Waals surface area contributed by atoms with E-state index in [0.717, 1.165) is 0 Å². The predicted octanol–water partition coefficient (Wildman–Crippen LogP) is -1.24. The van der Waals surface area contributed by atoms with Crippen LogP contribution in [-0.4, -0.2) is 72.7 Å². The Hall–Kier alpha value is -2.52. The minimum Gasteiger partial charge on any atom is -0.395 e. The maximum Gasteiger partial charge on any atom is 0.295 e. The molecule has 0 aromatic carbocycles. The predicted molar refractivity (Wildman–Crippen MR) is 70.9 cm³/mol. The van der Waals surface area contributed by atoms with Crippen LogP contribution in [0.2, 0.25) is 0 Å². The molecular weight excluding hydrogens is 276 g/mol. The lowest BCUT2D eigenvalue weighted by Gasteiger charge is -2.18. The summed E-state index contributed by atoms with van der Waals surface area (Å²) in [7, 11) is 0. The van der Waals surface area contributed by atoms with Crippen LogP contribution in [0, 0.1) is 0 Å². The molecule has 0 saturated carbocycles. The summed E-state index contributed by atoms with van der Waals surface area (Å²) in [5.74, 6) is -0.537. The third-order valence-electron chi connectivity index (χ3n) is 2.59. The Morgan fingerprint density at radius 3 is 2.24 bits per heavy atom. The van der Waals surface area contributed by atoms with Crippen molar-refractivity contribution in [2.75, 3.05) is 26.3 Å². The van der Waals surface area contributed by atoms with Gasteiger partial charge in [-0.2, -0.15) is 0 Å². The van der Waals surface area contributed by atoms with Crippen molar-refractivity contribution in [3.63, 3.8) is 0 Å². The first kappa shape index (κ1) is 14.9. The van der Waals surface area contributed by atoms with Gasteiger partial charge in [-0.25, -0.2) is 0 Å². The van der Waals surface area contributed by atoms with Crippen molar-refractivity contribution in [1.29, 1.82) is 0 Å². The van der Waals surface area contributed by atoms with Crippen LogP contribution in [0.4, 0.5) is 0 Å². The summed E-state index contributed by atoms with van der Waals surface area (Å²) >= 11 is 0. The number of carbonyl (C=O) groups is 1. The van der Waals surface area contributed by atoms with Gasteiger partial charge in [-0.05, 0) is 12.1 Å². The van der Waals surface area contributed by atoms with Gasteiger partial charge in [-0.15, -0.1) is 20.4 Å². The number of carbonyl (C=O) groups excluding carboxylic acids is 1. The van der Waals surface area contributed by atoms with E-state index in [1.165, 1.54) is 4.90 Å². The number of amides is 1. The molecule has 0 fully saturated rings. The molecule has 2 aromatic heterocycles. The van der Waals surface area contributed by atoms with Crippen molar-refractivity contribution in [1.82, 2.24) is 30.3 Å². The van der Waals surface area contributed by atoms with Gasteiger partial charge in [0.25, 0.3) is 11.7 Å². The Balaban J connectivity index is 2.16. The van der Waals surface area contributed by atoms with Crippen molar-refractivity contribution < 1.29 is 15.0 Å². The van der Waals surface area contributed by atoms with Crippen LogP contribution in [0.5, 0.6) is 0 Å². The molecule has 9 heteroatoms. The molecule has 2 N–H and O–H groups in total. The number of rotatable bonds is 6. The number of aromatic nitrogens is 5. The van der Waals surface area contributed by atoms with Crippen molar-refractivity contribution >= 4 is 5.91 Å². The molecule has 1 amide bonds. The van der Waals surface area contributed by atoms with E-state index in [1.54, 1.807) is 24.4 Å². The van der Waals surface area contributed by atoms with E-state index in [4.69, 9.17) is 10.2 Å². The van der Waals surface area contributed by atoms with Crippen molar-refractivity contribution in [2.45, 2.75) is 0 Å². The summed E-state index contributed by atoms with van der Waals surface area (Å²) in [4.78, 5) is 17.3. The van der Waals surface area contributed by atoms with Crippen molar-refractivity contribution in [3.05, 3.63) is 30.2 Å². The largest absolute Gasteiger partial charge is 0.395 e. The number of aliphatic hydroxyl groups excluding tert-OH is 2. The normalized spacial score (nSPS) is 10.4.